The van der Waals surface area contributed by atoms with Crippen molar-refractivity contribution >= 4 is 10.9 Å². The first-order valence-corrected chi connectivity index (χ1v) is 7.56. The molecule has 3 heterocycles. The Balaban J connectivity index is 1.58. The maximum atomic E-state index is 11.9. The number of hydrogen-bond acceptors (Lipinski definition) is 3. The third-order valence-electron chi connectivity index (χ3n) is 4.30. The summed E-state index contributed by atoms with van der Waals surface area (Å²) in [5.74, 6) is 0.693. The number of rotatable bonds is 2. The molecule has 0 unspecified atom stereocenters. The van der Waals surface area contributed by atoms with Crippen LogP contribution >= 0.6 is 0 Å². The minimum atomic E-state index is 0.0231. The number of hydrogen-bond donors (Lipinski definition) is 2. The average molecular weight is 294 g/mol. The second kappa shape index (κ2) is 5.10. The lowest BCUT2D eigenvalue weighted by Gasteiger charge is -2.27. The normalized spacial score (nSPS) is 15.1. The molecule has 0 bridgehead atoms. The molecule has 3 aromatic rings. The van der Waals surface area contributed by atoms with E-state index in [2.05, 4.69) is 44.1 Å². The molecule has 112 valence electrons. The monoisotopic (exact) mass is 294 g/mol. The molecule has 0 amide bonds. The van der Waals surface area contributed by atoms with E-state index >= 15 is 0 Å². The summed E-state index contributed by atoms with van der Waals surface area (Å²) < 4.78 is 0. The molecule has 1 aliphatic heterocycles. The summed E-state index contributed by atoms with van der Waals surface area (Å²) in [6, 6.07) is 8.59. The molecule has 0 fully saturated rings. The van der Waals surface area contributed by atoms with E-state index in [0.29, 0.717) is 5.82 Å². The molecule has 4 rings (SSSR count). The van der Waals surface area contributed by atoms with Gasteiger partial charge in [-0.05, 0) is 36.4 Å². The van der Waals surface area contributed by atoms with Gasteiger partial charge in [-0.25, -0.2) is 4.98 Å². The summed E-state index contributed by atoms with van der Waals surface area (Å²) in [4.78, 5) is 24.8. The third kappa shape index (κ3) is 2.33. The van der Waals surface area contributed by atoms with E-state index in [1.54, 1.807) is 0 Å². The second-order valence-electron chi connectivity index (χ2n) is 5.94. The molecule has 22 heavy (non-hydrogen) atoms. The highest BCUT2D eigenvalue weighted by Gasteiger charge is 2.20. The van der Waals surface area contributed by atoms with Crippen LogP contribution in [0.15, 0.2) is 35.3 Å². The van der Waals surface area contributed by atoms with Gasteiger partial charge in [-0.2, -0.15) is 0 Å². The predicted molar refractivity (Wildman–Crippen MR) is 85.7 cm³/mol. The minimum Gasteiger partial charge on any atom is -0.361 e. The van der Waals surface area contributed by atoms with Gasteiger partial charge in [0.1, 0.15) is 5.82 Å². The van der Waals surface area contributed by atoms with Gasteiger partial charge in [0.15, 0.2) is 0 Å². The molecule has 2 aromatic heterocycles. The Morgan fingerprint density at radius 2 is 2.23 bits per heavy atom. The average Bonchev–Trinajstić information content (AvgIpc) is 2.94. The number of H-pyrrole nitrogens is 2. The Hall–Kier alpha value is -2.40. The zero-order valence-corrected chi connectivity index (χ0v) is 12.5. The number of fused-ring (bicyclic) bond motifs is 2. The van der Waals surface area contributed by atoms with Crippen molar-refractivity contribution in [2.45, 2.75) is 26.4 Å². The van der Waals surface area contributed by atoms with Gasteiger partial charge in [0, 0.05) is 36.9 Å². The Labute approximate surface area is 128 Å². The maximum absolute atomic E-state index is 11.9. The summed E-state index contributed by atoms with van der Waals surface area (Å²) in [6.07, 6.45) is 2.73. The molecule has 5 heteroatoms. The summed E-state index contributed by atoms with van der Waals surface area (Å²) >= 11 is 0. The van der Waals surface area contributed by atoms with E-state index in [-0.39, 0.29) is 5.56 Å². The SMILES string of the molecule is Cc1nc2c(c(=O)[nH]1)CCN(Cc1ccc3cc[nH]c3c1)C2. The lowest BCUT2D eigenvalue weighted by atomic mass is 10.1. The van der Waals surface area contributed by atoms with E-state index in [1.807, 2.05) is 13.1 Å². The maximum Gasteiger partial charge on any atom is 0.254 e. The number of nitrogens with zero attached hydrogens (tertiary/aromatic N) is 2. The topological polar surface area (TPSA) is 64.8 Å². The van der Waals surface area contributed by atoms with Gasteiger partial charge in [0.25, 0.3) is 5.56 Å². The highest BCUT2D eigenvalue weighted by Crippen LogP contribution is 2.19. The number of benzene rings is 1. The van der Waals surface area contributed by atoms with Crippen LogP contribution in [0.4, 0.5) is 0 Å². The smallest absolute Gasteiger partial charge is 0.254 e. The fourth-order valence-corrected chi connectivity index (χ4v) is 3.20. The van der Waals surface area contributed by atoms with Gasteiger partial charge in [-0.1, -0.05) is 12.1 Å². The molecule has 0 saturated heterocycles. The Kier molecular flexibility index (Phi) is 3.08. The van der Waals surface area contributed by atoms with E-state index in [9.17, 15) is 4.79 Å². The molecule has 0 aliphatic carbocycles. The van der Waals surface area contributed by atoms with E-state index in [1.165, 1.54) is 16.5 Å². The van der Waals surface area contributed by atoms with Crippen LogP contribution in [-0.4, -0.2) is 26.4 Å². The number of aromatic nitrogens is 3. The standard InChI is InChI=1S/C17H18N4O/c1-11-19-16-10-21(7-5-14(16)17(22)20-11)9-12-2-3-13-4-6-18-15(13)8-12/h2-4,6,8,18H,5,7,9-10H2,1H3,(H,19,20,22). The zero-order chi connectivity index (χ0) is 15.1. The molecule has 1 aromatic carbocycles. The highest BCUT2D eigenvalue weighted by atomic mass is 16.1. The molecule has 1 aliphatic rings. The summed E-state index contributed by atoms with van der Waals surface area (Å²) in [7, 11) is 0. The van der Waals surface area contributed by atoms with Crippen molar-refractivity contribution in [2.24, 2.45) is 0 Å². The Morgan fingerprint density at radius 1 is 1.32 bits per heavy atom. The molecule has 0 spiro atoms. The van der Waals surface area contributed by atoms with Gasteiger partial charge in [-0.3, -0.25) is 9.69 Å². The quantitative estimate of drug-likeness (QED) is 0.761. The first kappa shape index (κ1) is 13.3. The molecule has 0 radical (unpaired) electrons. The van der Waals surface area contributed by atoms with E-state index < -0.39 is 0 Å². The lowest BCUT2D eigenvalue weighted by molar-refractivity contribution is 0.240. The highest BCUT2D eigenvalue weighted by molar-refractivity contribution is 5.79. The van der Waals surface area contributed by atoms with Gasteiger partial charge < -0.3 is 9.97 Å². The largest absolute Gasteiger partial charge is 0.361 e. The van der Waals surface area contributed by atoms with Crippen molar-refractivity contribution in [3.63, 3.8) is 0 Å². The number of aryl methyl sites for hydroxylation is 1. The van der Waals surface area contributed by atoms with Crippen LogP contribution in [0.3, 0.4) is 0 Å². The molecule has 0 atom stereocenters. The van der Waals surface area contributed by atoms with Crippen molar-refractivity contribution in [3.8, 4) is 0 Å². The van der Waals surface area contributed by atoms with Crippen LogP contribution in [0.5, 0.6) is 0 Å². The van der Waals surface area contributed by atoms with Crippen molar-refractivity contribution in [2.75, 3.05) is 6.54 Å². The van der Waals surface area contributed by atoms with Gasteiger partial charge in [0.2, 0.25) is 0 Å². The fourth-order valence-electron chi connectivity index (χ4n) is 3.20. The van der Waals surface area contributed by atoms with Crippen molar-refractivity contribution in [1.82, 2.24) is 19.9 Å². The van der Waals surface area contributed by atoms with E-state index in [4.69, 9.17) is 0 Å². The zero-order valence-electron chi connectivity index (χ0n) is 12.5. The van der Waals surface area contributed by atoms with Crippen LogP contribution in [0.2, 0.25) is 0 Å². The number of nitrogens with one attached hydrogen (secondary N) is 2. The summed E-state index contributed by atoms with van der Waals surface area (Å²) in [6.45, 7) is 4.34. The molecule has 2 N–H and O–H groups in total. The molecular weight excluding hydrogens is 276 g/mol. The number of aromatic amines is 2. The van der Waals surface area contributed by atoms with Gasteiger partial charge in [0.05, 0.1) is 5.69 Å². The van der Waals surface area contributed by atoms with Crippen molar-refractivity contribution in [3.05, 3.63) is 63.5 Å². The Morgan fingerprint density at radius 3 is 3.14 bits per heavy atom. The van der Waals surface area contributed by atoms with Crippen LogP contribution in [0.25, 0.3) is 10.9 Å². The molecular formula is C17H18N4O. The predicted octanol–water partition coefficient (Wildman–Crippen LogP) is 2.12. The Bertz CT molecular complexity index is 893. The minimum absolute atomic E-state index is 0.0231. The van der Waals surface area contributed by atoms with Crippen LogP contribution in [0, 0.1) is 6.92 Å². The van der Waals surface area contributed by atoms with Crippen LogP contribution in [0.1, 0.15) is 22.6 Å². The van der Waals surface area contributed by atoms with Crippen molar-refractivity contribution in [1.29, 1.82) is 0 Å². The first-order chi connectivity index (χ1) is 10.7. The summed E-state index contributed by atoms with van der Waals surface area (Å²) in [5.41, 5.74) is 4.24. The molecule has 5 nitrogen and oxygen atoms in total. The van der Waals surface area contributed by atoms with Crippen LogP contribution in [-0.2, 0) is 19.5 Å². The second-order valence-corrected chi connectivity index (χ2v) is 5.94. The first-order valence-electron chi connectivity index (χ1n) is 7.56. The van der Waals surface area contributed by atoms with Crippen LogP contribution < -0.4 is 5.56 Å². The van der Waals surface area contributed by atoms with Gasteiger partial charge in [-0.15, -0.1) is 0 Å². The fraction of sp³-hybridized carbons (Fsp3) is 0.294. The van der Waals surface area contributed by atoms with Crippen molar-refractivity contribution < 1.29 is 0 Å². The lowest BCUT2D eigenvalue weighted by Crippen LogP contribution is -2.35. The third-order valence-corrected chi connectivity index (χ3v) is 4.30. The molecule has 0 saturated carbocycles. The van der Waals surface area contributed by atoms with E-state index in [0.717, 1.165) is 37.3 Å². The van der Waals surface area contributed by atoms with Gasteiger partial charge >= 0.3 is 0 Å². The summed E-state index contributed by atoms with van der Waals surface area (Å²) in [5, 5.41) is 1.23.